The van der Waals surface area contributed by atoms with E-state index < -0.39 is 29.8 Å². The molecule has 194 valence electrons. The van der Waals surface area contributed by atoms with Crippen LogP contribution in [0.3, 0.4) is 0 Å². The Bertz CT molecular complexity index is 1500. The number of amides is 3. The van der Waals surface area contributed by atoms with Crippen LogP contribution in [0.15, 0.2) is 42.5 Å². The van der Waals surface area contributed by atoms with Gasteiger partial charge in [-0.3, -0.25) is 19.3 Å². The molecule has 0 aliphatic carbocycles. The van der Waals surface area contributed by atoms with Gasteiger partial charge in [0.05, 0.1) is 43.9 Å². The summed E-state index contributed by atoms with van der Waals surface area (Å²) in [6.07, 6.45) is 0. The number of benzene rings is 3. The highest BCUT2D eigenvalue weighted by Crippen LogP contribution is 2.50. The van der Waals surface area contributed by atoms with Gasteiger partial charge >= 0.3 is 0 Å². The molecule has 6 rings (SSSR count). The van der Waals surface area contributed by atoms with Crippen molar-refractivity contribution in [3.63, 3.8) is 0 Å². The van der Waals surface area contributed by atoms with E-state index in [1.807, 2.05) is 6.92 Å². The van der Waals surface area contributed by atoms with Crippen LogP contribution in [-0.4, -0.2) is 42.1 Å². The maximum atomic E-state index is 13.7. The van der Waals surface area contributed by atoms with E-state index in [1.165, 1.54) is 4.90 Å². The predicted octanol–water partition coefficient (Wildman–Crippen LogP) is 6.18. The Kier molecular flexibility index (Phi) is 6.11. The summed E-state index contributed by atoms with van der Waals surface area (Å²) in [6.45, 7) is 2.42. The van der Waals surface area contributed by atoms with E-state index in [2.05, 4.69) is 0 Å². The van der Waals surface area contributed by atoms with E-state index in [1.54, 1.807) is 42.5 Å². The zero-order valence-electron chi connectivity index (χ0n) is 19.5. The van der Waals surface area contributed by atoms with Gasteiger partial charge < -0.3 is 19.1 Å². The van der Waals surface area contributed by atoms with Crippen LogP contribution in [0.1, 0.15) is 39.2 Å². The Hall–Kier alpha value is -3.17. The number of hydrogen-bond donors (Lipinski definition) is 0. The molecule has 3 heterocycles. The summed E-state index contributed by atoms with van der Waals surface area (Å²) in [4.78, 5) is 43.2. The molecule has 0 bridgehead atoms. The van der Waals surface area contributed by atoms with Gasteiger partial charge in [-0.05, 0) is 48.9 Å². The minimum atomic E-state index is -1.20. The smallest absolute Gasteiger partial charge is 0.264 e. The van der Waals surface area contributed by atoms with Gasteiger partial charge in [0.15, 0.2) is 11.5 Å². The van der Waals surface area contributed by atoms with Crippen LogP contribution in [0, 0.1) is 0 Å². The molecule has 0 saturated carbocycles. The summed E-state index contributed by atoms with van der Waals surface area (Å²) in [5.74, 6) is -0.377. The molecule has 8 nitrogen and oxygen atoms in total. The molecule has 3 aromatic rings. The lowest BCUT2D eigenvalue weighted by atomic mass is 9.86. The second kappa shape index (κ2) is 9.24. The molecule has 1 saturated heterocycles. The highest BCUT2D eigenvalue weighted by Gasteiger charge is 2.58. The molecule has 0 spiro atoms. The molecule has 3 aliphatic heterocycles. The third-order valence-electron chi connectivity index (χ3n) is 6.64. The molecule has 2 atom stereocenters. The van der Waals surface area contributed by atoms with Crippen molar-refractivity contribution in [2.45, 2.75) is 19.0 Å². The lowest BCUT2D eigenvalue weighted by Gasteiger charge is -2.49. The fourth-order valence-corrected chi connectivity index (χ4v) is 5.94. The number of hydrogen-bond acceptors (Lipinski definition) is 6. The van der Waals surface area contributed by atoms with Crippen LogP contribution in [0.5, 0.6) is 17.2 Å². The average molecular weight is 594 g/mol. The number of imide groups is 1. The normalized spacial score (nSPS) is 19.7. The largest absolute Gasteiger partial charge is 0.494 e. The minimum Gasteiger partial charge on any atom is -0.494 e. The summed E-state index contributed by atoms with van der Waals surface area (Å²) in [6, 6.07) is 10.2. The molecule has 1 fully saturated rings. The second-order valence-electron chi connectivity index (χ2n) is 8.62. The van der Waals surface area contributed by atoms with Crippen LogP contribution in [-0.2, 0) is 4.79 Å². The third kappa shape index (κ3) is 3.55. The van der Waals surface area contributed by atoms with Crippen molar-refractivity contribution in [3.8, 4) is 17.2 Å². The van der Waals surface area contributed by atoms with Crippen molar-refractivity contribution >= 4 is 69.8 Å². The molecule has 0 aromatic heterocycles. The van der Waals surface area contributed by atoms with Gasteiger partial charge in [0, 0.05) is 5.69 Å². The Labute approximate surface area is 236 Å². The van der Waals surface area contributed by atoms with Crippen molar-refractivity contribution in [3.05, 3.63) is 79.2 Å². The van der Waals surface area contributed by atoms with Crippen LogP contribution in [0.25, 0.3) is 0 Å². The molecule has 0 N–H and O–H groups in total. The molecule has 3 amide bonds. The SMILES string of the molecule is CCOc1ccc(N2C(=O)[C@H](N3C(=O)c4c(Cl)c(Cl)c(Cl)c(Cl)c4C3=O)[C@@H]2c2ccc3c(c2)OCO3)cc1. The molecular weight excluding hydrogens is 578 g/mol. The van der Waals surface area contributed by atoms with E-state index in [4.69, 9.17) is 60.6 Å². The first-order chi connectivity index (χ1) is 18.2. The molecule has 3 aromatic carbocycles. The Morgan fingerprint density at radius 3 is 2.00 bits per heavy atom. The van der Waals surface area contributed by atoms with Crippen molar-refractivity contribution in [2.75, 3.05) is 18.3 Å². The van der Waals surface area contributed by atoms with Gasteiger partial charge in [0.2, 0.25) is 6.79 Å². The van der Waals surface area contributed by atoms with E-state index in [0.717, 1.165) is 4.90 Å². The van der Waals surface area contributed by atoms with E-state index >= 15 is 0 Å². The second-order valence-corrected chi connectivity index (χ2v) is 10.1. The van der Waals surface area contributed by atoms with Crippen molar-refractivity contribution in [2.24, 2.45) is 0 Å². The van der Waals surface area contributed by atoms with Gasteiger partial charge in [-0.2, -0.15) is 0 Å². The van der Waals surface area contributed by atoms with Gasteiger partial charge in [-0.15, -0.1) is 0 Å². The Morgan fingerprint density at radius 2 is 1.39 bits per heavy atom. The first kappa shape index (κ1) is 25.1. The lowest BCUT2D eigenvalue weighted by molar-refractivity contribution is -0.130. The standard InChI is InChI=1S/C26H16Cl4N2O6/c1-2-36-13-6-4-12(5-7-13)31-22(11-3-8-14-15(9-11)38-10-37-14)23(26(31)35)32-24(33)16-17(25(32)34)19(28)21(30)20(29)18(16)27/h3-9,22-23H,2,10H2,1H3/t22-,23+/m0/s1. The molecule has 12 heteroatoms. The maximum absolute atomic E-state index is 13.7. The van der Waals surface area contributed by atoms with Crippen LogP contribution < -0.4 is 19.1 Å². The number of nitrogens with zero attached hydrogens (tertiary/aromatic N) is 2. The summed E-state index contributed by atoms with van der Waals surface area (Å²) in [5.41, 5.74) is 0.800. The first-order valence-corrected chi connectivity index (χ1v) is 12.9. The number of ether oxygens (including phenoxy) is 3. The zero-order chi connectivity index (χ0) is 26.9. The highest BCUT2D eigenvalue weighted by atomic mass is 35.5. The maximum Gasteiger partial charge on any atom is 0.264 e. The monoisotopic (exact) mass is 592 g/mol. The predicted molar refractivity (Wildman–Crippen MR) is 141 cm³/mol. The van der Waals surface area contributed by atoms with Gasteiger partial charge in [-0.25, -0.2) is 0 Å². The van der Waals surface area contributed by atoms with Crippen LogP contribution in [0.2, 0.25) is 20.1 Å². The molecule has 3 aliphatic rings. The number of carbonyl (C=O) groups excluding carboxylic acids is 3. The average Bonchev–Trinajstić information content (AvgIpc) is 3.48. The Balaban J connectivity index is 1.45. The van der Waals surface area contributed by atoms with E-state index in [-0.39, 0.29) is 38.0 Å². The van der Waals surface area contributed by atoms with Crippen molar-refractivity contribution in [1.29, 1.82) is 0 Å². The first-order valence-electron chi connectivity index (χ1n) is 11.4. The fourth-order valence-electron chi connectivity index (χ4n) is 4.93. The van der Waals surface area contributed by atoms with Crippen LogP contribution >= 0.6 is 46.4 Å². The minimum absolute atomic E-state index is 0.0609. The molecular formula is C26H16Cl4N2O6. The number of carbonyl (C=O) groups is 3. The summed E-state index contributed by atoms with van der Waals surface area (Å²) in [7, 11) is 0. The quantitative estimate of drug-likeness (QED) is 0.152. The number of halogens is 4. The zero-order valence-corrected chi connectivity index (χ0v) is 22.5. The Morgan fingerprint density at radius 1 is 0.789 bits per heavy atom. The van der Waals surface area contributed by atoms with Crippen molar-refractivity contribution < 1.29 is 28.6 Å². The third-order valence-corrected chi connectivity index (χ3v) is 8.44. The number of rotatable bonds is 5. The topological polar surface area (TPSA) is 85.4 Å². The fraction of sp³-hybridized carbons (Fsp3) is 0.192. The number of fused-ring (bicyclic) bond motifs is 2. The van der Waals surface area contributed by atoms with Gasteiger partial charge in [-0.1, -0.05) is 52.5 Å². The summed E-state index contributed by atoms with van der Waals surface area (Å²) < 4.78 is 16.5. The van der Waals surface area contributed by atoms with Gasteiger partial charge in [0.1, 0.15) is 11.8 Å². The molecule has 38 heavy (non-hydrogen) atoms. The van der Waals surface area contributed by atoms with Crippen molar-refractivity contribution in [1.82, 2.24) is 4.90 Å². The lowest BCUT2D eigenvalue weighted by Crippen LogP contribution is -2.67. The number of β-lactam (4-membered cyclic amide) rings is 1. The van der Waals surface area contributed by atoms with E-state index in [0.29, 0.717) is 35.1 Å². The number of anilines is 1. The summed E-state index contributed by atoms with van der Waals surface area (Å²) in [5, 5.41) is -0.704. The van der Waals surface area contributed by atoms with E-state index in [9.17, 15) is 14.4 Å². The van der Waals surface area contributed by atoms with Crippen LogP contribution in [0.4, 0.5) is 5.69 Å². The van der Waals surface area contributed by atoms with Gasteiger partial charge in [0.25, 0.3) is 17.7 Å². The highest BCUT2D eigenvalue weighted by molar-refractivity contribution is 6.55. The molecule has 0 radical (unpaired) electrons. The molecule has 0 unspecified atom stereocenters. The summed E-state index contributed by atoms with van der Waals surface area (Å²) >= 11 is 24.9.